The third kappa shape index (κ3) is 3.66. The number of hydrogen-bond donors (Lipinski definition) is 2. The molecule has 0 bridgehead atoms. The average molecular weight is 372 g/mol. The zero-order valence-corrected chi connectivity index (χ0v) is 15.5. The number of fused-ring (bicyclic) bond motifs is 1. The van der Waals surface area contributed by atoms with Gasteiger partial charge in [-0.15, -0.1) is 0 Å². The molecule has 0 amide bonds. The summed E-state index contributed by atoms with van der Waals surface area (Å²) in [7, 11) is 0. The van der Waals surface area contributed by atoms with Crippen LogP contribution >= 0.6 is 0 Å². The van der Waals surface area contributed by atoms with E-state index in [4.69, 9.17) is 9.15 Å². The van der Waals surface area contributed by atoms with Crippen LogP contribution in [-0.4, -0.2) is 22.3 Å². The number of carbonyl (C=O) groups is 1. The van der Waals surface area contributed by atoms with E-state index in [0.717, 1.165) is 0 Å². The van der Waals surface area contributed by atoms with Crippen molar-refractivity contribution in [3.8, 4) is 17.1 Å². The Balaban J connectivity index is 2.32. The number of carboxylic acids is 1. The van der Waals surface area contributed by atoms with Crippen molar-refractivity contribution in [2.24, 2.45) is 0 Å². The lowest BCUT2D eigenvalue weighted by molar-refractivity contribution is 0.0698. The van der Waals surface area contributed by atoms with E-state index >= 15 is 0 Å². The van der Waals surface area contributed by atoms with Crippen LogP contribution in [0, 0.1) is 5.82 Å². The zero-order valence-electron chi connectivity index (χ0n) is 15.5. The van der Waals surface area contributed by atoms with Crippen LogP contribution < -0.4 is 4.74 Å². The summed E-state index contributed by atoms with van der Waals surface area (Å²) in [6, 6.07) is 8.56. The highest BCUT2D eigenvalue weighted by Gasteiger charge is 2.28. The molecule has 2 N–H and O–H groups in total. The van der Waals surface area contributed by atoms with Crippen LogP contribution in [0.2, 0.25) is 0 Å². The Hall–Kier alpha value is -2.86. The molecule has 1 aromatic heterocycles. The molecule has 2 aromatic carbocycles. The SMILES string of the molecule is CC(C)Oc1cc2c(C(=O)O)c(-c3ccc(F)cc3)oc2cc1C(C)(C)O. The van der Waals surface area contributed by atoms with Crippen LogP contribution in [0.15, 0.2) is 40.8 Å². The van der Waals surface area contributed by atoms with E-state index in [9.17, 15) is 19.4 Å². The maximum atomic E-state index is 13.2. The molecule has 27 heavy (non-hydrogen) atoms. The Morgan fingerprint density at radius 2 is 1.81 bits per heavy atom. The maximum absolute atomic E-state index is 13.2. The van der Waals surface area contributed by atoms with Crippen LogP contribution in [0.1, 0.15) is 43.6 Å². The van der Waals surface area contributed by atoms with E-state index in [-0.39, 0.29) is 17.4 Å². The first-order valence-corrected chi connectivity index (χ1v) is 8.57. The first kappa shape index (κ1) is 18.9. The van der Waals surface area contributed by atoms with Crippen molar-refractivity contribution in [3.63, 3.8) is 0 Å². The zero-order chi connectivity index (χ0) is 19.9. The van der Waals surface area contributed by atoms with E-state index in [0.29, 0.717) is 27.8 Å². The summed E-state index contributed by atoms with van der Waals surface area (Å²) in [4.78, 5) is 11.9. The van der Waals surface area contributed by atoms with Crippen LogP contribution in [-0.2, 0) is 5.60 Å². The fourth-order valence-corrected chi connectivity index (χ4v) is 2.97. The quantitative estimate of drug-likeness (QED) is 0.662. The number of rotatable bonds is 5. The van der Waals surface area contributed by atoms with Gasteiger partial charge in [-0.05, 0) is 64.1 Å². The van der Waals surface area contributed by atoms with Crippen molar-refractivity contribution < 1.29 is 28.6 Å². The molecule has 0 radical (unpaired) electrons. The first-order chi connectivity index (χ1) is 12.6. The summed E-state index contributed by atoms with van der Waals surface area (Å²) >= 11 is 0. The molecule has 3 rings (SSSR count). The minimum atomic E-state index is -1.22. The number of ether oxygens (including phenoxy) is 1. The second-order valence-electron chi connectivity index (χ2n) is 7.19. The minimum Gasteiger partial charge on any atom is -0.491 e. The van der Waals surface area contributed by atoms with E-state index in [1.165, 1.54) is 24.3 Å². The topological polar surface area (TPSA) is 79.9 Å². The van der Waals surface area contributed by atoms with Gasteiger partial charge in [0, 0.05) is 16.5 Å². The van der Waals surface area contributed by atoms with Gasteiger partial charge in [0.1, 0.15) is 28.5 Å². The number of halogens is 1. The average Bonchev–Trinajstić information content (AvgIpc) is 2.91. The van der Waals surface area contributed by atoms with E-state index in [1.54, 1.807) is 26.0 Å². The molecule has 0 spiro atoms. The summed E-state index contributed by atoms with van der Waals surface area (Å²) in [5, 5.41) is 20.6. The van der Waals surface area contributed by atoms with Crippen molar-refractivity contribution in [2.75, 3.05) is 0 Å². The molecule has 1 heterocycles. The van der Waals surface area contributed by atoms with Gasteiger partial charge in [0.2, 0.25) is 0 Å². The predicted octanol–water partition coefficient (Wildman–Crippen LogP) is 4.95. The normalized spacial score (nSPS) is 12.0. The first-order valence-electron chi connectivity index (χ1n) is 8.57. The summed E-state index contributed by atoms with van der Waals surface area (Å²) < 4.78 is 24.8. The highest BCUT2D eigenvalue weighted by atomic mass is 19.1. The number of carboxylic acid groups (broad SMARTS) is 1. The number of aromatic carboxylic acids is 1. The summed E-state index contributed by atoms with van der Waals surface area (Å²) in [5.41, 5.74) is -0.0152. The van der Waals surface area contributed by atoms with Crippen molar-refractivity contribution >= 4 is 16.9 Å². The van der Waals surface area contributed by atoms with Gasteiger partial charge < -0.3 is 19.4 Å². The molecule has 0 aliphatic rings. The van der Waals surface area contributed by atoms with Crippen LogP contribution in [0.3, 0.4) is 0 Å². The molecule has 0 aliphatic carbocycles. The molecule has 142 valence electrons. The Bertz CT molecular complexity index is 994. The van der Waals surface area contributed by atoms with Gasteiger partial charge >= 0.3 is 5.97 Å². The molecule has 6 heteroatoms. The summed E-state index contributed by atoms with van der Waals surface area (Å²) in [5.74, 6) is -1.08. The highest BCUT2D eigenvalue weighted by Crippen LogP contribution is 2.40. The molecule has 0 aliphatic heterocycles. The largest absolute Gasteiger partial charge is 0.491 e. The molecule has 0 atom stereocenters. The van der Waals surface area contributed by atoms with Gasteiger partial charge in [0.15, 0.2) is 0 Å². The standard InChI is InChI=1S/C21H21FO5/c1-11(2)26-17-9-14-16(10-15(17)21(3,4)25)27-19(18(14)20(23)24)12-5-7-13(22)8-6-12/h5-11,25H,1-4H3,(H,23,24). The third-order valence-electron chi connectivity index (χ3n) is 4.13. The van der Waals surface area contributed by atoms with Gasteiger partial charge in [-0.25, -0.2) is 9.18 Å². The predicted molar refractivity (Wildman–Crippen MR) is 99.6 cm³/mol. The van der Waals surface area contributed by atoms with Gasteiger partial charge in [0.05, 0.1) is 11.7 Å². The van der Waals surface area contributed by atoms with Gasteiger partial charge in [0.25, 0.3) is 0 Å². The lowest BCUT2D eigenvalue weighted by Crippen LogP contribution is -2.19. The molecule has 0 saturated carbocycles. The fraction of sp³-hybridized carbons (Fsp3) is 0.286. The van der Waals surface area contributed by atoms with E-state index < -0.39 is 17.4 Å². The lowest BCUT2D eigenvalue weighted by atomic mass is 9.95. The van der Waals surface area contributed by atoms with Gasteiger partial charge in [-0.2, -0.15) is 0 Å². The molecular formula is C21H21FO5. The summed E-state index contributed by atoms with van der Waals surface area (Å²) in [6.45, 7) is 6.91. The molecule has 0 saturated heterocycles. The van der Waals surface area contributed by atoms with Crippen LogP contribution in [0.5, 0.6) is 5.75 Å². The van der Waals surface area contributed by atoms with Crippen molar-refractivity contribution in [3.05, 3.63) is 53.3 Å². The fourth-order valence-electron chi connectivity index (χ4n) is 2.97. The molecule has 0 unspecified atom stereocenters. The Labute approximate surface area is 156 Å². The van der Waals surface area contributed by atoms with Crippen LogP contribution in [0.4, 0.5) is 4.39 Å². The number of hydrogen-bond acceptors (Lipinski definition) is 4. The van der Waals surface area contributed by atoms with E-state index in [2.05, 4.69) is 0 Å². The summed E-state index contributed by atoms with van der Waals surface area (Å²) in [6.07, 6.45) is -0.166. The van der Waals surface area contributed by atoms with Crippen LogP contribution in [0.25, 0.3) is 22.3 Å². The van der Waals surface area contributed by atoms with Crippen molar-refractivity contribution in [2.45, 2.75) is 39.4 Å². The third-order valence-corrected chi connectivity index (χ3v) is 4.13. The second kappa shape index (κ2) is 6.70. The maximum Gasteiger partial charge on any atom is 0.340 e. The molecule has 0 fully saturated rings. The van der Waals surface area contributed by atoms with E-state index in [1.807, 2.05) is 13.8 Å². The lowest BCUT2D eigenvalue weighted by Gasteiger charge is -2.23. The Kier molecular flexibility index (Phi) is 4.70. The highest BCUT2D eigenvalue weighted by molar-refractivity contribution is 6.08. The van der Waals surface area contributed by atoms with Gasteiger partial charge in [-0.1, -0.05) is 0 Å². The minimum absolute atomic E-state index is 0.0347. The number of aliphatic hydroxyl groups is 1. The van der Waals surface area contributed by atoms with Crippen molar-refractivity contribution in [1.29, 1.82) is 0 Å². The Morgan fingerprint density at radius 1 is 1.19 bits per heavy atom. The second-order valence-corrected chi connectivity index (χ2v) is 7.19. The number of benzene rings is 2. The monoisotopic (exact) mass is 372 g/mol. The van der Waals surface area contributed by atoms with Gasteiger partial charge in [-0.3, -0.25) is 0 Å². The smallest absolute Gasteiger partial charge is 0.340 e. The molecule has 5 nitrogen and oxygen atoms in total. The molecular weight excluding hydrogens is 351 g/mol. The Morgan fingerprint density at radius 3 is 2.33 bits per heavy atom. The molecule has 3 aromatic rings. The number of furan rings is 1. The van der Waals surface area contributed by atoms with Crippen molar-refractivity contribution in [1.82, 2.24) is 0 Å².